The zero-order valence-electron chi connectivity index (χ0n) is 16.7. The molecule has 0 atom stereocenters. The minimum absolute atomic E-state index is 0.150. The Labute approximate surface area is 170 Å². The van der Waals surface area contributed by atoms with Gasteiger partial charge in [-0.3, -0.25) is 9.59 Å². The molecule has 1 saturated heterocycles. The second kappa shape index (κ2) is 8.35. The summed E-state index contributed by atoms with van der Waals surface area (Å²) >= 11 is 6.43. The van der Waals surface area contributed by atoms with Crippen LogP contribution in [0.4, 0.5) is 5.69 Å². The maximum atomic E-state index is 12.7. The summed E-state index contributed by atoms with van der Waals surface area (Å²) in [5.74, 6) is 0.150. The number of halogens is 1. The summed E-state index contributed by atoms with van der Waals surface area (Å²) in [6.07, 6.45) is 2.49. The average molecular weight is 403 g/mol. The number of aromatic nitrogens is 2. The number of hydrogen-bond acceptors (Lipinski definition) is 4. The van der Waals surface area contributed by atoms with Crippen LogP contribution >= 0.6 is 11.6 Å². The summed E-state index contributed by atoms with van der Waals surface area (Å²) in [4.78, 5) is 29.2. The quantitative estimate of drug-likeness (QED) is 0.791. The van der Waals surface area contributed by atoms with E-state index in [0.717, 1.165) is 18.5 Å². The molecule has 0 N–H and O–H groups in total. The second-order valence-electron chi connectivity index (χ2n) is 8.17. The third-order valence-corrected chi connectivity index (χ3v) is 5.26. The van der Waals surface area contributed by atoms with Gasteiger partial charge in [-0.15, -0.1) is 0 Å². The van der Waals surface area contributed by atoms with Crippen LogP contribution in [0.2, 0.25) is 5.02 Å². The molecular formula is C21H27ClN4O2. The Hall–Kier alpha value is -2.34. The van der Waals surface area contributed by atoms with Crippen molar-refractivity contribution in [1.29, 1.82) is 0 Å². The lowest BCUT2D eigenvalue weighted by Gasteiger charge is -2.28. The van der Waals surface area contributed by atoms with Crippen molar-refractivity contribution >= 4 is 23.2 Å². The Balaban J connectivity index is 1.76. The van der Waals surface area contributed by atoms with Crippen LogP contribution in [-0.2, 0) is 11.3 Å². The molecule has 6 nitrogen and oxygen atoms in total. The smallest absolute Gasteiger partial charge is 0.287 e. The molecule has 1 amide bonds. The van der Waals surface area contributed by atoms with Crippen LogP contribution in [0.1, 0.15) is 32.8 Å². The van der Waals surface area contributed by atoms with Crippen molar-refractivity contribution in [2.24, 2.45) is 5.41 Å². The van der Waals surface area contributed by atoms with Crippen LogP contribution in [0.5, 0.6) is 0 Å². The van der Waals surface area contributed by atoms with Gasteiger partial charge in [-0.25, -0.2) is 4.68 Å². The van der Waals surface area contributed by atoms with Crippen molar-refractivity contribution < 1.29 is 4.79 Å². The highest BCUT2D eigenvalue weighted by Gasteiger charge is 2.29. The van der Waals surface area contributed by atoms with E-state index in [-0.39, 0.29) is 16.5 Å². The van der Waals surface area contributed by atoms with Crippen molar-refractivity contribution in [2.75, 3.05) is 31.1 Å². The summed E-state index contributed by atoms with van der Waals surface area (Å²) in [6, 6.07) is 9.69. The Kier molecular flexibility index (Phi) is 6.08. The largest absolute Gasteiger partial charge is 0.367 e. The van der Waals surface area contributed by atoms with Gasteiger partial charge >= 0.3 is 0 Å². The first-order valence-electron chi connectivity index (χ1n) is 9.61. The van der Waals surface area contributed by atoms with Gasteiger partial charge in [0.05, 0.1) is 18.4 Å². The molecule has 1 aliphatic rings. The van der Waals surface area contributed by atoms with E-state index in [0.29, 0.717) is 31.9 Å². The SMILES string of the molecule is CC(C)(C)C(=O)N1CCCN(c2cnn(Cc3ccccc3)c(=O)c2Cl)CC1. The van der Waals surface area contributed by atoms with E-state index in [1.54, 1.807) is 6.20 Å². The van der Waals surface area contributed by atoms with E-state index in [2.05, 4.69) is 10.00 Å². The predicted molar refractivity (Wildman–Crippen MR) is 112 cm³/mol. The van der Waals surface area contributed by atoms with Crippen molar-refractivity contribution in [3.8, 4) is 0 Å². The Morgan fingerprint density at radius 3 is 2.50 bits per heavy atom. The minimum Gasteiger partial charge on any atom is -0.367 e. The predicted octanol–water partition coefficient (Wildman–Crippen LogP) is 3.03. The van der Waals surface area contributed by atoms with Crippen LogP contribution < -0.4 is 10.5 Å². The molecule has 0 saturated carbocycles. The van der Waals surface area contributed by atoms with E-state index in [9.17, 15) is 9.59 Å². The maximum Gasteiger partial charge on any atom is 0.287 e. The Morgan fingerprint density at radius 1 is 1.11 bits per heavy atom. The van der Waals surface area contributed by atoms with Crippen molar-refractivity contribution in [3.05, 3.63) is 57.5 Å². The highest BCUT2D eigenvalue weighted by molar-refractivity contribution is 6.33. The number of anilines is 1. The molecule has 1 fully saturated rings. The maximum absolute atomic E-state index is 12.7. The first kappa shape index (κ1) is 20.4. The van der Waals surface area contributed by atoms with Gasteiger partial charge in [0, 0.05) is 31.6 Å². The van der Waals surface area contributed by atoms with Gasteiger partial charge in [0.25, 0.3) is 5.56 Å². The molecule has 28 heavy (non-hydrogen) atoms. The molecule has 0 aliphatic carbocycles. The molecule has 0 spiro atoms. The normalized spacial score (nSPS) is 15.4. The minimum atomic E-state index is -0.397. The average Bonchev–Trinajstić information content (AvgIpc) is 2.91. The van der Waals surface area contributed by atoms with Gasteiger partial charge < -0.3 is 9.80 Å². The lowest BCUT2D eigenvalue weighted by atomic mass is 9.94. The topological polar surface area (TPSA) is 58.4 Å². The van der Waals surface area contributed by atoms with Gasteiger partial charge in [-0.2, -0.15) is 5.10 Å². The fraction of sp³-hybridized carbons (Fsp3) is 0.476. The Morgan fingerprint density at radius 2 is 1.82 bits per heavy atom. The van der Waals surface area contributed by atoms with Crippen LogP contribution in [0.15, 0.2) is 41.3 Å². The molecule has 7 heteroatoms. The number of hydrogen-bond donors (Lipinski definition) is 0. The first-order valence-corrected chi connectivity index (χ1v) is 9.99. The van der Waals surface area contributed by atoms with E-state index in [1.165, 1.54) is 4.68 Å². The monoisotopic (exact) mass is 402 g/mol. The molecule has 0 radical (unpaired) electrons. The molecule has 2 heterocycles. The number of carbonyl (C=O) groups is 1. The van der Waals surface area contributed by atoms with Crippen molar-refractivity contribution in [3.63, 3.8) is 0 Å². The number of benzene rings is 1. The standard InChI is InChI=1S/C21H27ClN4O2/c1-21(2,3)20(28)25-11-7-10-24(12-13-25)17-14-23-26(19(27)18(17)22)15-16-8-5-4-6-9-16/h4-6,8-9,14H,7,10-13,15H2,1-3H3. The zero-order chi connectivity index (χ0) is 20.3. The van der Waals surface area contributed by atoms with E-state index < -0.39 is 5.41 Å². The van der Waals surface area contributed by atoms with Crippen LogP contribution in [-0.4, -0.2) is 46.8 Å². The van der Waals surface area contributed by atoms with Gasteiger partial charge in [0.2, 0.25) is 5.91 Å². The highest BCUT2D eigenvalue weighted by atomic mass is 35.5. The molecule has 150 valence electrons. The molecule has 0 unspecified atom stereocenters. The summed E-state index contributed by atoms with van der Waals surface area (Å²) in [5, 5.41) is 4.51. The van der Waals surface area contributed by atoms with Gasteiger partial charge in [-0.1, -0.05) is 62.7 Å². The number of nitrogens with zero attached hydrogens (tertiary/aromatic N) is 4. The summed E-state index contributed by atoms with van der Waals surface area (Å²) in [6.45, 7) is 8.88. The molecule has 0 bridgehead atoms. The van der Waals surface area contributed by atoms with Crippen LogP contribution in [0.25, 0.3) is 0 Å². The molecular weight excluding hydrogens is 376 g/mol. The molecule has 1 aromatic heterocycles. The number of amides is 1. The second-order valence-corrected chi connectivity index (χ2v) is 8.55. The fourth-order valence-electron chi connectivity index (χ4n) is 3.38. The Bertz CT molecular complexity index is 890. The van der Waals surface area contributed by atoms with Crippen molar-refractivity contribution in [2.45, 2.75) is 33.7 Å². The molecule has 3 rings (SSSR count). The zero-order valence-corrected chi connectivity index (χ0v) is 17.4. The first-order chi connectivity index (χ1) is 13.3. The van der Waals surface area contributed by atoms with Crippen LogP contribution in [0.3, 0.4) is 0 Å². The highest BCUT2D eigenvalue weighted by Crippen LogP contribution is 2.24. The van der Waals surface area contributed by atoms with E-state index in [4.69, 9.17) is 11.6 Å². The third kappa shape index (κ3) is 4.55. The third-order valence-electron chi connectivity index (χ3n) is 4.91. The van der Waals surface area contributed by atoms with E-state index >= 15 is 0 Å². The number of carbonyl (C=O) groups excluding carboxylic acids is 1. The lowest BCUT2D eigenvalue weighted by Crippen LogP contribution is -2.41. The van der Waals surface area contributed by atoms with Gasteiger partial charge in [-0.05, 0) is 12.0 Å². The molecule has 2 aromatic rings. The summed E-state index contributed by atoms with van der Waals surface area (Å²) in [5.41, 5.74) is 0.940. The molecule has 1 aliphatic heterocycles. The van der Waals surface area contributed by atoms with E-state index in [1.807, 2.05) is 56.0 Å². The van der Waals surface area contributed by atoms with Gasteiger partial charge in [0.15, 0.2) is 0 Å². The summed E-state index contributed by atoms with van der Waals surface area (Å²) < 4.78 is 1.38. The lowest BCUT2D eigenvalue weighted by molar-refractivity contribution is -0.139. The van der Waals surface area contributed by atoms with Crippen molar-refractivity contribution in [1.82, 2.24) is 14.7 Å². The fourth-order valence-corrected chi connectivity index (χ4v) is 3.65. The van der Waals surface area contributed by atoms with Gasteiger partial charge in [0.1, 0.15) is 5.02 Å². The summed E-state index contributed by atoms with van der Waals surface area (Å²) in [7, 11) is 0. The number of rotatable bonds is 3. The van der Waals surface area contributed by atoms with Crippen LogP contribution in [0, 0.1) is 5.41 Å². The molecule has 1 aromatic carbocycles.